The Morgan fingerprint density at radius 3 is 2.60 bits per heavy atom. The summed E-state index contributed by atoms with van der Waals surface area (Å²) in [5, 5.41) is 0. The van der Waals surface area contributed by atoms with E-state index in [1.165, 1.54) is 0 Å². The zero-order chi connectivity index (χ0) is 7.56. The van der Waals surface area contributed by atoms with Gasteiger partial charge in [-0.15, -0.1) is 0 Å². The van der Waals surface area contributed by atoms with Gasteiger partial charge in [-0.1, -0.05) is 20.3 Å². The molecule has 1 rings (SSSR count). The van der Waals surface area contributed by atoms with E-state index in [0.717, 1.165) is 19.3 Å². The molecule has 1 aliphatic heterocycles. The number of hydrogen-bond acceptors (Lipinski definition) is 2. The third-order valence-corrected chi connectivity index (χ3v) is 2.03. The Morgan fingerprint density at radius 1 is 1.50 bits per heavy atom. The monoisotopic (exact) mass is 142 g/mol. The molecule has 1 aliphatic rings. The van der Waals surface area contributed by atoms with Crippen LogP contribution in [0.3, 0.4) is 0 Å². The molecule has 0 N–H and O–H groups in total. The van der Waals surface area contributed by atoms with Gasteiger partial charge in [-0.3, -0.25) is 4.79 Å². The van der Waals surface area contributed by atoms with E-state index in [2.05, 4.69) is 6.92 Å². The fourth-order valence-electron chi connectivity index (χ4n) is 1.37. The normalized spacial score (nSPS) is 31.2. The molecule has 0 aromatic carbocycles. The Hall–Kier alpha value is -0.530. The van der Waals surface area contributed by atoms with E-state index in [1.54, 1.807) is 0 Å². The minimum atomic E-state index is 0.000880. The third kappa shape index (κ3) is 1.15. The van der Waals surface area contributed by atoms with Gasteiger partial charge in [-0.2, -0.15) is 0 Å². The van der Waals surface area contributed by atoms with Crippen LogP contribution in [0, 0.1) is 5.92 Å². The maximum Gasteiger partial charge on any atom is 0.312 e. The van der Waals surface area contributed by atoms with Gasteiger partial charge < -0.3 is 4.74 Å². The summed E-state index contributed by atoms with van der Waals surface area (Å²) in [6.07, 6.45) is 3.31. The van der Waals surface area contributed by atoms with Gasteiger partial charge in [0.25, 0.3) is 0 Å². The number of rotatable bonds is 3. The van der Waals surface area contributed by atoms with Crippen LogP contribution >= 0.6 is 0 Å². The van der Waals surface area contributed by atoms with Crippen molar-refractivity contribution in [2.24, 2.45) is 5.92 Å². The van der Waals surface area contributed by atoms with E-state index in [0.29, 0.717) is 0 Å². The first-order valence-electron chi connectivity index (χ1n) is 4.00. The molecule has 0 amide bonds. The Morgan fingerprint density at radius 2 is 2.20 bits per heavy atom. The summed E-state index contributed by atoms with van der Waals surface area (Å²) >= 11 is 0. The van der Waals surface area contributed by atoms with Gasteiger partial charge >= 0.3 is 5.97 Å². The molecule has 1 fully saturated rings. The van der Waals surface area contributed by atoms with Crippen LogP contribution in [-0.4, -0.2) is 12.1 Å². The standard InChI is InChI=1S/C8H14O2/c1-3-5-7-6(4-2)8(9)10-7/h6-7H,3-5H2,1-2H3/t6-,7-/m1/s1. The molecule has 1 saturated heterocycles. The summed E-state index contributed by atoms with van der Waals surface area (Å²) in [5.74, 6) is 0.209. The number of carbonyl (C=O) groups excluding carboxylic acids is 1. The van der Waals surface area contributed by atoms with Crippen LogP contribution in [0.25, 0.3) is 0 Å². The average Bonchev–Trinajstić information content (AvgIpc) is 1.88. The molecule has 0 aromatic heterocycles. The van der Waals surface area contributed by atoms with Crippen molar-refractivity contribution >= 4 is 5.97 Å². The molecule has 1 heterocycles. The molecular formula is C8H14O2. The summed E-state index contributed by atoms with van der Waals surface area (Å²) in [7, 11) is 0. The van der Waals surface area contributed by atoms with Gasteiger partial charge in [0.15, 0.2) is 0 Å². The third-order valence-electron chi connectivity index (χ3n) is 2.03. The number of ether oxygens (including phenoxy) is 1. The lowest BCUT2D eigenvalue weighted by atomic mass is 9.91. The second-order valence-corrected chi connectivity index (χ2v) is 2.78. The van der Waals surface area contributed by atoms with Crippen LogP contribution in [-0.2, 0) is 9.53 Å². The molecule has 0 spiro atoms. The number of esters is 1. The maximum atomic E-state index is 10.7. The van der Waals surface area contributed by atoms with E-state index in [1.807, 2.05) is 6.92 Å². The first kappa shape index (κ1) is 7.58. The Balaban J connectivity index is 2.30. The van der Waals surface area contributed by atoms with Crippen LogP contribution in [0.1, 0.15) is 33.1 Å². The fourth-order valence-corrected chi connectivity index (χ4v) is 1.37. The predicted molar refractivity (Wildman–Crippen MR) is 38.6 cm³/mol. The second-order valence-electron chi connectivity index (χ2n) is 2.78. The van der Waals surface area contributed by atoms with Crippen molar-refractivity contribution in [1.82, 2.24) is 0 Å². The molecule has 2 heteroatoms. The van der Waals surface area contributed by atoms with Crippen molar-refractivity contribution in [3.05, 3.63) is 0 Å². The van der Waals surface area contributed by atoms with E-state index in [9.17, 15) is 4.79 Å². The van der Waals surface area contributed by atoms with Crippen molar-refractivity contribution in [3.8, 4) is 0 Å². The van der Waals surface area contributed by atoms with Crippen LogP contribution in [0.15, 0.2) is 0 Å². The summed E-state index contributed by atoms with van der Waals surface area (Å²) in [6.45, 7) is 4.15. The smallest absolute Gasteiger partial charge is 0.312 e. The van der Waals surface area contributed by atoms with E-state index in [4.69, 9.17) is 4.74 Å². The molecule has 0 aliphatic carbocycles. The fraction of sp³-hybridized carbons (Fsp3) is 0.875. The minimum Gasteiger partial charge on any atom is -0.461 e. The molecule has 0 unspecified atom stereocenters. The van der Waals surface area contributed by atoms with Gasteiger partial charge in [-0.05, 0) is 12.8 Å². The second kappa shape index (κ2) is 3.04. The van der Waals surface area contributed by atoms with E-state index < -0.39 is 0 Å². The van der Waals surface area contributed by atoms with Crippen molar-refractivity contribution in [2.45, 2.75) is 39.2 Å². The quantitative estimate of drug-likeness (QED) is 0.561. The van der Waals surface area contributed by atoms with Gasteiger partial charge in [0, 0.05) is 0 Å². The zero-order valence-corrected chi connectivity index (χ0v) is 6.59. The minimum absolute atomic E-state index is 0.000880. The van der Waals surface area contributed by atoms with Crippen molar-refractivity contribution in [1.29, 1.82) is 0 Å². The topological polar surface area (TPSA) is 26.3 Å². The molecule has 0 radical (unpaired) electrons. The molecule has 2 atom stereocenters. The Kier molecular flexibility index (Phi) is 2.30. The molecule has 0 bridgehead atoms. The number of carbonyl (C=O) groups is 1. The molecular weight excluding hydrogens is 128 g/mol. The van der Waals surface area contributed by atoms with Crippen LogP contribution in [0.2, 0.25) is 0 Å². The zero-order valence-electron chi connectivity index (χ0n) is 6.59. The van der Waals surface area contributed by atoms with Crippen molar-refractivity contribution in [3.63, 3.8) is 0 Å². The molecule has 58 valence electrons. The molecule has 10 heavy (non-hydrogen) atoms. The van der Waals surface area contributed by atoms with Gasteiger partial charge in [0.2, 0.25) is 0 Å². The van der Waals surface area contributed by atoms with Crippen molar-refractivity contribution in [2.75, 3.05) is 0 Å². The molecule has 0 saturated carbocycles. The molecule has 0 aromatic rings. The summed E-state index contributed by atoms with van der Waals surface area (Å²) < 4.78 is 4.94. The average molecular weight is 142 g/mol. The lowest BCUT2D eigenvalue weighted by Crippen LogP contribution is -2.44. The highest BCUT2D eigenvalue weighted by molar-refractivity contribution is 5.78. The largest absolute Gasteiger partial charge is 0.461 e. The summed E-state index contributed by atoms with van der Waals surface area (Å²) in [6, 6.07) is 0. The van der Waals surface area contributed by atoms with Crippen molar-refractivity contribution < 1.29 is 9.53 Å². The molecule has 2 nitrogen and oxygen atoms in total. The highest BCUT2D eigenvalue weighted by atomic mass is 16.6. The van der Waals surface area contributed by atoms with Crippen LogP contribution < -0.4 is 0 Å². The summed E-state index contributed by atoms with van der Waals surface area (Å²) in [4.78, 5) is 10.7. The lowest BCUT2D eigenvalue weighted by Gasteiger charge is -2.34. The highest BCUT2D eigenvalue weighted by Gasteiger charge is 2.39. The first-order chi connectivity index (χ1) is 4.79. The van der Waals surface area contributed by atoms with E-state index in [-0.39, 0.29) is 18.0 Å². The Labute approximate surface area is 61.6 Å². The first-order valence-corrected chi connectivity index (χ1v) is 4.00. The van der Waals surface area contributed by atoms with Gasteiger partial charge in [0.05, 0.1) is 5.92 Å². The SMILES string of the molecule is CCC[C@H]1OC(=O)[C@@H]1CC. The highest BCUT2D eigenvalue weighted by Crippen LogP contribution is 2.28. The lowest BCUT2D eigenvalue weighted by molar-refractivity contribution is -0.185. The van der Waals surface area contributed by atoms with Crippen LogP contribution in [0.4, 0.5) is 0 Å². The van der Waals surface area contributed by atoms with Gasteiger partial charge in [-0.25, -0.2) is 0 Å². The maximum absolute atomic E-state index is 10.7. The van der Waals surface area contributed by atoms with E-state index >= 15 is 0 Å². The van der Waals surface area contributed by atoms with Crippen LogP contribution in [0.5, 0.6) is 0 Å². The summed E-state index contributed by atoms with van der Waals surface area (Å²) in [5.41, 5.74) is 0. The Bertz CT molecular complexity index is 131. The predicted octanol–water partition coefficient (Wildman–Crippen LogP) is 1.74. The number of hydrogen-bond donors (Lipinski definition) is 0. The van der Waals surface area contributed by atoms with Gasteiger partial charge in [0.1, 0.15) is 6.10 Å². The number of cyclic esters (lactones) is 1.